The zero-order valence-electron chi connectivity index (χ0n) is 12.4. The highest BCUT2D eigenvalue weighted by Gasteiger charge is 2.24. The maximum Gasteiger partial charge on any atom is 0.289 e. The fraction of sp³-hybridized carbons (Fsp3) is 0.0714. The maximum absolute atomic E-state index is 12.3. The third kappa shape index (κ3) is 2.88. The van der Waals surface area contributed by atoms with Gasteiger partial charge in [0, 0.05) is 13.1 Å². The van der Waals surface area contributed by atoms with Crippen molar-refractivity contribution in [1.29, 1.82) is 0 Å². The predicted octanol–water partition coefficient (Wildman–Crippen LogP) is 1.94. The number of nitro benzene ring substituents is 1. The number of nitrogens with one attached hydrogen (secondary N) is 1. The van der Waals surface area contributed by atoms with Crippen LogP contribution in [0.4, 0.5) is 5.69 Å². The molecule has 8 nitrogen and oxygen atoms in total. The van der Waals surface area contributed by atoms with Gasteiger partial charge in [0.15, 0.2) is 4.90 Å². The number of thiazole rings is 1. The van der Waals surface area contributed by atoms with Crippen molar-refractivity contribution < 1.29 is 13.3 Å². The molecule has 1 aromatic heterocycles. The van der Waals surface area contributed by atoms with E-state index in [0.29, 0.717) is 4.80 Å². The molecule has 3 aromatic rings. The molecule has 124 valence electrons. The summed E-state index contributed by atoms with van der Waals surface area (Å²) in [6, 6.07) is 12.7. The summed E-state index contributed by atoms with van der Waals surface area (Å²) in [6.45, 7) is 0. The second-order valence-corrected chi connectivity index (χ2v) is 7.48. The van der Waals surface area contributed by atoms with Gasteiger partial charge < -0.3 is 4.57 Å². The molecule has 0 atom stereocenters. The molecule has 0 bridgehead atoms. The molecular formula is C14H12N4O4S2. The number of hydrogen-bond acceptors (Lipinski definition) is 6. The van der Waals surface area contributed by atoms with E-state index in [1.54, 1.807) is 11.6 Å². The summed E-state index contributed by atoms with van der Waals surface area (Å²) < 4.78 is 27.4. The van der Waals surface area contributed by atoms with Gasteiger partial charge >= 0.3 is 0 Å². The Hall–Kier alpha value is -2.72. The Kier molecular flexibility index (Phi) is 4.08. The van der Waals surface area contributed by atoms with E-state index in [-0.39, 0.29) is 0 Å². The van der Waals surface area contributed by atoms with Gasteiger partial charge in [0.1, 0.15) is 0 Å². The van der Waals surface area contributed by atoms with E-state index in [1.165, 1.54) is 29.5 Å². The minimum absolute atomic E-state index is 0.428. The number of para-hydroxylation sites is 2. The van der Waals surface area contributed by atoms with Gasteiger partial charge in [-0.05, 0) is 18.2 Å². The first-order valence-electron chi connectivity index (χ1n) is 6.73. The highest BCUT2D eigenvalue weighted by molar-refractivity contribution is 7.89. The summed E-state index contributed by atoms with van der Waals surface area (Å²) >= 11 is 1.31. The predicted molar refractivity (Wildman–Crippen MR) is 89.8 cm³/mol. The Morgan fingerprint density at radius 1 is 1.17 bits per heavy atom. The van der Waals surface area contributed by atoms with Crippen LogP contribution in [0.3, 0.4) is 0 Å². The number of aryl methyl sites for hydroxylation is 1. The van der Waals surface area contributed by atoms with Crippen LogP contribution < -0.4 is 9.63 Å². The lowest BCUT2D eigenvalue weighted by Crippen LogP contribution is -2.24. The molecule has 0 aliphatic rings. The summed E-state index contributed by atoms with van der Waals surface area (Å²) in [5.41, 5.74) is 0.409. The average molecular weight is 364 g/mol. The lowest BCUT2D eigenvalue weighted by molar-refractivity contribution is -0.387. The number of benzene rings is 2. The SMILES string of the molecule is Cn1/c(=N\NS(=O)(=O)c2ccccc2[N+](=O)[O-])sc2ccccc21. The molecule has 0 saturated heterocycles. The molecule has 0 radical (unpaired) electrons. The summed E-state index contributed by atoms with van der Waals surface area (Å²) in [7, 11) is -2.39. The third-order valence-corrected chi connectivity index (χ3v) is 5.70. The fourth-order valence-corrected chi connectivity index (χ4v) is 4.19. The van der Waals surface area contributed by atoms with Crippen molar-refractivity contribution in [3.05, 3.63) is 63.4 Å². The molecular weight excluding hydrogens is 352 g/mol. The van der Waals surface area contributed by atoms with Crippen LogP contribution in [0.25, 0.3) is 10.2 Å². The smallest absolute Gasteiger partial charge is 0.289 e. The highest BCUT2D eigenvalue weighted by Crippen LogP contribution is 2.22. The van der Waals surface area contributed by atoms with Crippen LogP contribution in [0.5, 0.6) is 0 Å². The Bertz CT molecular complexity index is 1100. The van der Waals surface area contributed by atoms with Crippen LogP contribution in [-0.4, -0.2) is 17.9 Å². The number of sulfonamides is 1. The number of hydrogen-bond donors (Lipinski definition) is 1. The van der Waals surface area contributed by atoms with Crippen molar-refractivity contribution in [3.63, 3.8) is 0 Å². The number of aromatic nitrogens is 1. The molecule has 1 heterocycles. The molecule has 10 heteroatoms. The van der Waals surface area contributed by atoms with Gasteiger partial charge in [-0.2, -0.15) is 13.2 Å². The third-order valence-electron chi connectivity index (χ3n) is 3.33. The van der Waals surface area contributed by atoms with Crippen LogP contribution >= 0.6 is 11.3 Å². The van der Waals surface area contributed by atoms with Crippen molar-refractivity contribution >= 4 is 37.3 Å². The molecule has 2 aromatic carbocycles. The van der Waals surface area contributed by atoms with E-state index in [4.69, 9.17) is 0 Å². The minimum Gasteiger partial charge on any atom is -0.318 e. The Morgan fingerprint density at radius 3 is 2.54 bits per heavy atom. The van der Waals surface area contributed by atoms with Crippen molar-refractivity contribution in [2.75, 3.05) is 0 Å². The van der Waals surface area contributed by atoms with Gasteiger partial charge in [-0.3, -0.25) is 10.1 Å². The topological polar surface area (TPSA) is 107 Å². The minimum atomic E-state index is -4.15. The van der Waals surface area contributed by atoms with Crippen LogP contribution in [-0.2, 0) is 17.1 Å². The van der Waals surface area contributed by atoms with Crippen molar-refractivity contribution in [2.24, 2.45) is 12.1 Å². The Balaban J connectivity index is 2.04. The Labute approximate surface area is 140 Å². The van der Waals surface area contributed by atoms with Gasteiger partial charge in [-0.25, -0.2) is 0 Å². The number of rotatable bonds is 4. The first-order valence-corrected chi connectivity index (χ1v) is 9.03. The van der Waals surface area contributed by atoms with Gasteiger partial charge in [0.05, 0.1) is 15.1 Å². The van der Waals surface area contributed by atoms with Gasteiger partial charge in [0.2, 0.25) is 4.80 Å². The Morgan fingerprint density at radius 2 is 1.83 bits per heavy atom. The van der Waals surface area contributed by atoms with E-state index in [2.05, 4.69) is 9.93 Å². The first-order chi connectivity index (χ1) is 11.4. The van der Waals surface area contributed by atoms with E-state index in [9.17, 15) is 18.5 Å². The zero-order chi connectivity index (χ0) is 17.3. The van der Waals surface area contributed by atoms with Gasteiger partial charge in [-0.15, -0.1) is 5.10 Å². The lowest BCUT2D eigenvalue weighted by Gasteiger charge is -2.03. The molecule has 0 spiro atoms. The molecule has 0 aliphatic heterocycles. The summed E-state index contributed by atoms with van der Waals surface area (Å²) in [5, 5.41) is 14.9. The van der Waals surface area contributed by atoms with E-state index in [0.717, 1.165) is 16.3 Å². The molecule has 24 heavy (non-hydrogen) atoms. The molecule has 1 N–H and O–H groups in total. The fourth-order valence-electron chi connectivity index (χ4n) is 2.17. The molecule has 0 fully saturated rings. The lowest BCUT2D eigenvalue weighted by atomic mass is 10.3. The second kappa shape index (κ2) is 6.06. The number of fused-ring (bicyclic) bond motifs is 1. The van der Waals surface area contributed by atoms with E-state index >= 15 is 0 Å². The normalized spacial score (nSPS) is 12.5. The second-order valence-electron chi connectivity index (χ2n) is 4.84. The molecule has 0 unspecified atom stereocenters. The van der Waals surface area contributed by atoms with Crippen molar-refractivity contribution in [2.45, 2.75) is 4.90 Å². The highest BCUT2D eigenvalue weighted by atomic mass is 32.2. The van der Waals surface area contributed by atoms with Crippen LogP contribution in [0.15, 0.2) is 58.5 Å². The first kappa shape index (κ1) is 16.1. The molecule has 0 aliphatic carbocycles. The van der Waals surface area contributed by atoms with Crippen LogP contribution in [0.2, 0.25) is 0 Å². The monoisotopic (exact) mass is 364 g/mol. The maximum atomic E-state index is 12.3. The average Bonchev–Trinajstić information content (AvgIpc) is 2.90. The number of nitrogens with zero attached hydrogens (tertiary/aromatic N) is 3. The quantitative estimate of drug-likeness (QED) is 0.564. The van der Waals surface area contributed by atoms with Gasteiger partial charge in [-0.1, -0.05) is 35.6 Å². The number of nitro groups is 1. The largest absolute Gasteiger partial charge is 0.318 e. The molecule has 3 rings (SSSR count). The van der Waals surface area contributed by atoms with Gasteiger partial charge in [0.25, 0.3) is 15.7 Å². The summed E-state index contributed by atoms with van der Waals surface area (Å²) in [4.78, 5) is 12.3. The standard InChI is InChI=1S/C14H12N4O4S2/c1-17-10-6-2-4-8-12(10)23-14(17)15-16-24(21,22)13-9-5-3-7-11(13)18(19)20/h2-9,16H,1H3/b15-14+. The summed E-state index contributed by atoms with van der Waals surface area (Å²) in [6.07, 6.45) is 0. The van der Waals surface area contributed by atoms with Crippen LogP contribution in [0.1, 0.15) is 0 Å². The van der Waals surface area contributed by atoms with Crippen molar-refractivity contribution in [1.82, 2.24) is 9.40 Å². The van der Waals surface area contributed by atoms with Crippen molar-refractivity contribution in [3.8, 4) is 0 Å². The molecule has 0 amide bonds. The molecule has 0 saturated carbocycles. The van der Waals surface area contributed by atoms with E-state index < -0.39 is 25.5 Å². The van der Waals surface area contributed by atoms with Crippen LogP contribution in [0, 0.1) is 10.1 Å². The van der Waals surface area contributed by atoms with E-state index in [1.807, 2.05) is 24.3 Å². The summed E-state index contributed by atoms with van der Waals surface area (Å²) in [5.74, 6) is 0. The zero-order valence-corrected chi connectivity index (χ0v) is 14.0.